The van der Waals surface area contributed by atoms with Crippen molar-refractivity contribution in [3.63, 3.8) is 0 Å². The van der Waals surface area contributed by atoms with E-state index >= 15 is 0 Å². The Bertz CT molecular complexity index is 355. The van der Waals surface area contributed by atoms with E-state index in [9.17, 15) is 5.11 Å². The molecule has 0 heterocycles. The van der Waals surface area contributed by atoms with Crippen LogP contribution in [0.3, 0.4) is 0 Å². The molecule has 1 rings (SSSR count). The van der Waals surface area contributed by atoms with Crippen LogP contribution in [0.25, 0.3) is 0 Å². The van der Waals surface area contributed by atoms with Crippen molar-refractivity contribution >= 4 is 0 Å². The van der Waals surface area contributed by atoms with E-state index in [4.69, 9.17) is 4.74 Å². The standard InChI is InChI=1S/C15H25NO2/c1-11(2)16-10-15(5,17)13-6-8-14(9-7-13)18-12(3)4/h6-9,11-12,16-17H,10H2,1-5H3. The van der Waals surface area contributed by atoms with Gasteiger partial charge in [-0.3, -0.25) is 0 Å². The molecular weight excluding hydrogens is 226 g/mol. The van der Waals surface area contributed by atoms with Gasteiger partial charge in [-0.25, -0.2) is 0 Å². The lowest BCUT2D eigenvalue weighted by molar-refractivity contribution is 0.0549. The van der Waals surface area contributed by atoms with Gasteiger partial charge in [-0.05, 0) is 38.5 Å². The minimum atomic E-state index is -0.860. The number of rotatable bonds is 6. The topological polar surface area (TPSA) is 41.5 Å². The van der Waals surface area contributed by atoms with Gasteiger partial charge in [0.15, 0.2) is 0 Å². The van der Waals surface area contributed by atoms with Crippen molar-refractivity contribution in [3.8, 4) is 5.75 Å². The molecule has 18 heavy (non-hydrogen) atoms. The number of benzene rings is 1. The predicted octanol–water partition coefficient (Wildman–Crippen LogP) is 2.68. The average Bonchev–Trinajstić information content (AvgIpc) is 2.26. The Morgan fingerprint density at radius 3 is 2.17 bits per heavy atom. The van der Waals surface area contributed by atoms with Crippen molar-refractivity contribution in [3.05, 3.63) is 29.8 Å². The molecule has 1 aromatic rings. The molecule has 0 aliphatic carbocycles. The van der Waals surface area contributed by atoms with Crippen molar-refractivity contribution in [1.29, 1.82) is 0 Å². The van der Waals surface area contributed by atoms with E-state index < -0.39 is 5.60 Å². The summed E-state index contributed by atoms with van der Waals surface area (Å²) >= 11 is 0. The van der Waals surface area contributed by atoms with Crippen LogP contribution in [0.1, 0.15) is 40.2 Å². The normalized spacial score (nSPS) is 14.9. The van der Waals surface area contributed by atoms with Gasteiger partial charge >= 0.3 is 0 Å². The van der Waals surface area contributed by atoms with Gasteiger partial charge in [0.1, 0.15) is 5.75 Å². The Labute approximate surface area is 110 Å². The lowest BCUT2D eigenvalue weighted by atomic mass is 9.95. The molecule has 0 radical (unpaired) electrons. The zero-order valence-electron chi connectivity index (χ0n) is 12.0. The third-order valence-electron chi connectivity index (χ3n) is 2.70. The third-order valence-corrected chi connectivity index (χ3v) is 2.70. The fourth-order valence-electron chi connectivity index (χ4n) is 1.67. The molecule has 1 atom stereocenters. The monoisotopic (exact) mass is 251 g/mol. The van der Waals surface area contributed by atoms with Crippen molar-refractivity contribution in [2.24, 2.45) is 0 Å². The Hall–Kier alpha value is -1.06. The number of hydrogen-bond donors (Lipinski definition) is 2. The van der Waals surface area contributed by atoms with E-state index in [1.807, 2.05) is 45.0 Å². The van der Waals surface area contributed by atoms with Gasteiger partial charge in [0.05, 0.1) is 11.7 Å². The molecule has 2 N–H and O–H groups in total. The summed E-state index contributed by atoms with van der Waals surface area (Å²) in [6.45, 7) is 10.5. The maximum absolute atomic E-state index is 10.4. The van der Waals surface area contributed by atoms with Gasteiger partial charge in [-0.1, -0.05) is 26.0 Å². The molecule has 0 aliphatic rings. The van der Waals surface area contributed by atoms with E-state index in [0.717, 1.165) is 11.3 Å². The minimum Gasteiger partial charge on any atom is -0.491 e. The van der Waals surface area contributed by atoms with Crippen LogP contribution in [0.15, 0.2) is 24.3 Å². The zero-order valence-corrected chi connectivity index (χ0v) is 12.0. The second-order valence-electron chi connectivity index (χ2n) is 5.50. The van der Waals surface area contributed by atoms with E-state index in [1.165, 1.54) is 0 Å². The highest BCUT2D eigenvalue weighted by molar-refractivity contribution is 5.30. The molecule has 0 amide bonds. The molecular formula is C15H25NO2. The number of ether oxygens (including phenoxy) is 1. The van der Waals surface area contributed by atoms with E-state index in [0.29, 0.717) is 12.6 Å². The molecule has 3 heteroatoms. The molecule has 102 valence electrons. The molecule has 0 saturated heterocycles. The van der Waals surface area contributed by atoms with Crippen molar-refractivity contribution in [1.82, 2.24) is 5.32 Å². The summed E-state index contributed by atoms with van der Waals surface area (Å²) in [6.07, 6.45) is 0.166. The summed E-state index contributed by atoms with van der Waals surface area (Å²) in [7, 11) is 0. The highest BCUT2D eigenvalue weighted by atomic mass is 16.5. The Balaban J connectivity index is 2.71. The summed E-state index contributed by atoms with van der Waals surface area (Å²) < 4.78 is 5.58. The van der Waals surface area contributed by atoms with Crippen LogP contribution in [0.4, 0.5) is 0 Å². The van der Waals surface area contributed by atoms with Gasteiger partial charge in [0.25, 0.3) is 0 Å². The lowest BCUT2D eigenvalue weighted by Gasteiger charge is -2.26. The Morgan fingerprint density at radius 1 is 1.17 bits per heavy atom. The number of nitrogens with one attached hydrogen (secondary N) is 1. The van der Waals surface area contributed by atoms with Gasteiger partial charge in [0.2, 0.25) is 0 Å². The van der Waals surface area contributed by atoms with Crippen LogP contribution in [0, 0.1) is 0 Å². The summed E-state index contributed by atoms with van der Waals surface area (Å²) in [5, 5.41) is 13.7. The van der Waals surface area contributed by atoms with Crippen LogP contribution in [0.5, 0.6) is 5.75 Å². The van der Waals surface area contributed by atoms with Gasteiger partial charge in [0, 0.05) is 12.6 Å². The van der Waals surface area contributed by atoms with Crippen LogP contribution in [0.2, 0.25) is 0 Å². The quantitative estimate of drug-likeness (QED) is 0.816. The smallest absolute Gasteiger partial charge is 0.119 e. The molecule has 0 bridgehead atoms. The minimum absolute atomic E-state index is 0.166. The Kier molecular flexibility index (Phi) is 5.17. The first kappa shape index (κ1) is 15.0. The van der Waals surface area contributed by atoms with Gasteiger partial charge < -0.3 is 15.2 Å². The second-order valence-corrected chi connectivity index (χ2v) is 5.50. The van der Waals surface area contributed by atoms with Crippen LogP contribution < -0.4 is 10.1 Å². The first-order valence-electron chi connectivity index (χ1n) is 6.54. The SMILES string of the molecule is CC(C)NCC(C)(O)c1ccc(OC(C)C)cc1. The molecule has 1 unspecified atom stereocenters. The Morgan fingerprint density at radius 2 is 1.72 bits per heavy atom. The van der Waals surface area contributed by atoms with Crippen molar-refractivity contribution in [2.45, 2.75) is 52.4 Å². The fourth-order valence-corrected chi connectivity index (χ4v) is 1.67. The summed E-state index contributed by atoms with van der Waals surface area (Å²) in [6, 6.07) is 8.00. The maximum Gasteiger partial charge on any atom is 0.119 e. The van der Waals surface area contributed by atoms with Crippen molar-refractivity contribution < 1.29 is 9.84 Å². The predicted molar refractivity (Wildman–Crippen MR) is 74.9 cm³/mol. The summed E-state index contributed by atoms with van der Waals surface area (Å²) in [5.41, 5.74) is 0.0347. The highest BCUT2D eigenvalue weighted by Crippen LogP contribution is 2.23. The molecule has 0 aromatic heterocycles. The van der Waals surface area contributed by atoms with E-state index in [2.05, 4.69) is 19.2 Å². The zero-order chi connectivity index (χ0) is 13.8. The second kappa shape index (κ2) is 6.21. The molecule has 0 aliphatic heterocycles. The fraction of sp³-hybridized carbons (Fsp3) is 0.600. The third kappa shape index (κ3) is 4.67. The molecule has 0 spiro atoms. The van der Waals surface area contributed by atoms with Crippen molar-refractivity contribution in [2.75, 3.05) is 6.54 Å². The van der Waals surface area contributed by atoms with Gasteiger partial charge in [-0.2, -0.15) is 0 Å². The molecule has 1 aromatic carbocycles. The molecule has 0 saturated carbocycles. The largest absolute Gasteiger partial charge is 0.491 e. The van der Waals surface area contributed by atoms with E-state index in [1.54, 1.807) is 0 Å². The molecule has 3 nitrogen and oxygen atoms in total. The van der Waals surface area contributed by atoms with Crippen LogP contribution in [-0.2, 0) is 5.60 Å². The number of hydrogen-bond acceptors (Lipinski definition) is 3. The van der Waals surface area contributed by atoms with E-state index in [-0.39, 0.29) is 6.10 Å². The first-order valence-corrected chi connectivity index (χ1v) is 6.54. The van der Waals surface area contributed by atoms with Crippen LogP contribution in [-0.4, -0.2) is 23.8 Å². The summed E-state index contributed by atoms with van der Waals surface area (Å²) in [4.78, 5) is 0. The number of aliphatic hydroxyl groups is 1. The first-order chi connectivity index (χ1) is 8.31. The van der Waals surface area contributed by atoms with Gasteiger partial charge in [-0.15, -0.1) is 0 Å². The summed E-state index contributed by atoms with van der Waals surface area (Å²) in [5.74, 6) is 0.835. The van der Waals surface area contributed by atoms with Crippen LogP contribution >= 0.6 is 0 Å². The lowest BCUT2D eigenvalue weighted by Crippen LogP contribution is -2.38. The highest BCUT2D eigenvalue weighted by Gasteiger charge is 2.22. The molecule has 0 fully saturated rings. The average molecular weight is 251 g/mol. The maximum atomic E-state index is 10.4.